The largest absolute Gasteiger partial charge is 0.461 e. The highest BCUT2D eigenvalue weighted by atomic mass is 16.5. The molecule has 7 amide bonds. The summed E-state index contributed by atoms with van der Waals surface area (Å²) in [6, 6.07) is 10.2. The molecular formula is C41H53N7O8. The first-order chi connectivity index (χ1) is 26.7. The highest BCUT2D eigenvalue weighted by Crippen LogP contribution is 2.35. The van der Waals surface area contributed by atoms with Gasteiger partial charge in [-0.15, -0.1) is 0 Å². The first-order valence-corrected chi connectivity index (χ1v) is 19.6. The summed E-state index contributed by atoms with van der Waals surface area (Å²) in [6.45, 7) is 7.18. The van der Waals surface area contributed by atoms with E-state index in [4.69, 9.17) is 4.74 Å². The van der Waals surface area contributed by atoms with Gasteiger partial charge in [-0.1, -0.05) is 55.0 Å². The van der Waals surface area contributed by atoms with Gasteiger partial charge in [-0.3, -0.25) is 24.0 Å². The van der Waals surface area contributed by atoms with Crippen molar-refractivity contribution in [3.05, 3.63) is 65.7 Å². The molecule has 6 rings (SSSR count). The van der Waals surface area contributed by atoms with Gasteiger partial charge in [0, 0.05) is 31.7 Å². The third-order valence-electron chi connectivity index (χ3n) is 11.4. The fourth-order valence-corrected chi connectivity index (χ4v) is 8.43. The maximum absolute atomic E-state index is 14.6. The van der Waals surface area contributed by atoms with E-state index in [9.17, 15) is 33.6 Å². The van der Waals surface area contributed by atoms with E-state index in [0.29, 0.717) is 44.3 Å². The van der Waals surface area contributed by atoms with E-state index >= 15 is 0 Å². The van der Waals surface area contributed by atoms with E-state index in [1.165, 1.54) is 14.7 Å². The molecule has 4 saturated heterocycles. The third kappa shape index (κ3) is 8.81. The number of hydrogen-bond acceptors (Lipinski definition) is 8. The molecule has 4 aliphatic rings. The van der Waals surface area contributed by atoms with Gasteiger partial charge in [-0.25, -0.2) is 9.59 Å². The first kappa shape index (κ1) is 40.2. The minimum absolute atomic E-state index is 0.0726. The Balaban J connectivity index is 1.31. The van der Waals surface area contributed by atoms with Crippen LogP contribution in [0.3, 0.4) is 0 Å². The number of nitrogens with zero attached hydrogens (tertiary/aromatic N) is 3. The minimum Gasteiger partial charge on any atom is -0.461 e. The maximum Gasteiger partial charge on any atom is 0.331 e. The lowest BCUT2D eigenvalue weighted by molar-refractivity contribution is -0.164. The fraction of sp³-hybridized carbons (Fsp3) is 0.537. The zero-order valence-corrected chi connectivity index (χ0v) is 32.5. The maximum atomic E-state index is 14.6. The Morgan fingerprint density at radius 1 is 0.875 bits per heavy atom. The van der Waals surface area contributed by atoms with Crippen molar-refractivity contribution < 1.29 is 38.3 Å². The number of rotatable bonds is 6. The smallest absolute Gasteiger partial charge is 0.331 e. The van der Waals surface area contributed by atoms with Gasteiger partial charge in [0.15, 0.2) is 0 Å². The predicted octanol–water partition coefficient (Wildman–Crippen LogP) is 2.27. The SMILES string of the molecule is Cc1ccc(NC(=O)N[C@@H](Cc2ccccc2)C(=O)N[C@H]2COC(=O)C3(C)C[C@@H](C)CN3C(=O)[C@H](C)NC(=O)[C@@H]3CCCCN3C(=O)[C@@H]3CCCN3C2=O)cc1. The van der Waals surface area contributed by atoms with E-state index in [-0.39, 0.29) is 37.8 Å². The molecule has 4 aliphatic heterocycles. The van der Waals surface area contributed by atoms with Crippen LogP contribution in [0.1, 0.15) is 70.4 Å². The van der Waals surface area contributed by atoms with Crippen LogP contribution in [-0.4, -0.2) is 118 Å². The second kappa shape index (κ2) is 17.1. The molecule has 56 heavy (non-hydrogen) atoms. The number of carbonyl (C=O) groups is 7. The Morgan fingerprint density at radius 2 is 1.55 bits per heavy atom. The number of carbonyl (C=O) groups excluding carboxylic acids is 7. The van der Waals surface area contributed by atoms with Crippen LogP contribution in [0.4, 0.5) is 10.5 Å². The van der Waals surface area contributed by atoms with E-state index < -0.39 is 78.0 Å². The van der Waals surface area contributed by atoms with E-state index in [1.54, 1.807) is 26.0 Å². The Morgan fingerprint density at radius 3 is 2.29 bits per heavy atom. The lowest BCUT2D eigenvalue weighted by Crippen LogP contribution is -2.63. The molecule has 1 unspecified atom stereocenters. The van der Waals surface area contributed by atoms with Crippen molar-refractivity contribution in [3.63, 3.8) is 0 Å². The summed E-state index contributed by atoms with van der Waals surface area (Å²) < 4.78 is 5.85. The Hall–Kier alpha value is -5.47. The molecule has 4 fully saturated rings. The molecule has 300 valence electrons. The van der Waals surface area contributed by atoms with Crippen LogP contribution >= 0.6 is 0 Å². The molecule has 0 aliphatic carbocycles. The van der Waals surface area contributed by atoms with Gasteiger partial charge < -0.3 is 40.7 Å². The number of nitrogens with one attached hydrogen (secondary N) is 4. The van der Waals surface area contributed by atoms with Crippen LogP contribution in [0, 0.1) is 12.8 Å². The lowest BCUT2D eigenvalue weighted by Gasteiger charge is -2.40. The number of amides is 7. The van der Waals surface area contributed by atoms with Gasteiger partial charge in [0.05, 0.1) is 0 Å². The molecule has 0 radical (unpaired) electrons. The van der Waals surface area contributed by atoms with Crippen LogP contribution in [0.15, 0.2) is 54.6 Å². The van der Waals surface area contributed by atoms with Gasteiger partial charge >= 0.3 is 12.0 Å². The number of fused-ring (bicyclic) bond motifs is 3. The number of ether oxygens (including phenoxy) is 1. The standard InChI is InChI=1S/C41H53N7O8/c1-25-15-17-29(18-16-25)43-40(55)45-30(21-28-11-6-5-7-12-28)34(49)44-31-24-56-39(54)41(4)22-26(2)23-48(41)36(51)27(3)42-35(50)32-13-8-9-19-46(32)38(53)33-14-10-20-47(33)37(31)52/h5-7,11-12,15-18,26-27,30-33H,8-10,13-14,19-24H2,1-4H3,(H,42,50)(H,44,49)(H2,43,45,55)/t26-,27+,30+,31+,32+,33+,41?/m1/s1. The summed E-state index contributed by atoms with van der Waals surface area (Å²) in [5.41, 5.74) is 0.844. The normalized spacial score (nSPS) is 28.0. The molecule has 0 saturated carbocycles. The van der Waals surface area contributed by atoms with Crippen LogP contribution in [0.2, 0.25) is 0 Å². The average Bonchev–Trinajstić information content (AvgIpc) is 3.80. The van der Waals surface area contributed by atoms with Crippen molar-refractivity contribution in [1.82, 2.24) is 30.7 Å². The minimum atomic E-state index is -1.45. The molecular weight excluding hydrogens is 718 g/mol. The molecule has 7 atom stereocenters. The molecule has 4 N–H and O–H groups in total. The highest BCUT2D eigenvalue weighted by Gasteiger charge is 2.52. The Labute approximate surface area is 327 Å². The highest BCUT2D eigenvalue weighted by molar-refractivity contribution is 5.99. The summed E-state index contributed by atoms with van der Waals surface area (Å²) in [7, 11) is 0. The van der Waals surface area contributed by atoms with Gasteiger partial charge in [-0.2, -0.15) is 0 Å². The number of hydrogen-bond donors (Lipinski definition) is 4. The van der Waals surface area contributed by atoms with Crippen molar-refractivity contribution in [1.29, 1.82) is 0 Å². The summed E-state index contributed by atoms with van der Waals surface area (Å²) in [5, 5.41) is 11.0. The molecule has 0 bridgehead atoms. The van der Waals surface area contributed by atoms with Gasteiger partial charge in [0.25, 0.3) is 0 Å². The van der Waals surface area contributed by atoms with Crippen LogP contribution in [0.25, 0.3) is 0 Å². The number of piperidine rings is 1. The number of cyclic esters (lactones) is 1. The average molecular weight is 772 g/mol. The molecule has 0 aromatic heterocycles. The Bertz CT molecular complexity index is 1820. The van der Waals surface area contributed by atoms with E-state index in [2.05, 4.69) is 21.3 Å². The van der Waals surface area contributed by atoms with Gasteiger partial charge in [0.2, 0.25) is 29.5 Å². The lowest BCUT2D eigenvalue weighted by atomic mass is 9.94. The van der Waals surface area contributed by atoms with Crippen LogP contribution in [0.5, 0.6) is 0 Å². The fourth-order valence-electron chi connectivity index (χ4n) is 8.43. The van der Waals surface area contributed by atoms with E-state index in [0.717, 1.165) is 11.1 Å². The zero-order chi connectivity index (χ0) is 40.1. The molecule has 2 aromatic carbocycles. The third-order valence-corrected chi connectivity index (χ3v) is 11.4. The molecule has 4 heterocycles. The van der Waals surface area contributed by atoms with Crippen molar-refractivity contribution in [3.8, 4) is 0 Å². The summed E-state index contributed by atoms with van der Waals surface area (Å²) >= 11 is 0. The molecule has 0 spiro atoms. The summed E-state index contributed by atoms with van der Waals surface area (Å²) in [4.78, 5) is 102. The number of anilines is 1. The van der Waals surface area contributed by atoms with Crippen molar-refractivity contribution >= 4 is 47.2 Å². The zero-order valence-electron chi connectivity index (χ0n) is 32.5. The van der Waals surface area contributed by atoms with Crippen molar-refractivity contribution in [2.75, 3.05) is 31.6 Å². The topological polar surface area (TPSA) is 187 Å². The van der Waals surface area contributed by atoms with Crippen LogP contribution < -0.4 is 21.3 Å². The number of aryl methyl sites for hydroxylation is 1. The van der Waals surface area contributed by atoms with Crippen molar-refractivity contribution in [2.24, 2.45) is 5.92 Å². The molecule has 2 aromatic rings. The summed E-state index contributed by atoms with van der Waals surface area (Å²) in [6.07, 6.45) is 2.98. The van der Waals surface area contributed by atoms with Crippen LogP contribution in [-0.2, 0) is 39.9 Å². The monoisotopic (exact) mass is 771 g/mol. The van der Waals surface area contributed by atoms with Gasteiger partial charge in [-0.05, 0) is 82.9 Å². The number of urea groups is 1. The second-order valence-electron chi connectivity index (χ2n) is 15.9. The van der Waals surface area contributed by atoms with E-state index in [1.807, 2.05) is 56.3 Å². The number of esters is 1. The predicted molar refractivity (Wildman–Crippen MR) is 206 cm³/mol. The quantitative estimate of drug-likeness (QED) is 0.322. The van der Waals surface area contributed by atoms with Gasteiger partial charge in [0.1, 0.15) is 42.4 Å². The summed E-state index contributed by atoms with van der Waals surface area (Å²) in [5.74, 6) is -3.51. The first-order valence-electron chi connectivity index (χ1n) is 19.6. The number of benzene rings is 2. The molecule has 15 nitrogen and oxygen atoms in total. The second-order valence-corrected chi connectivity index (χ2v) is 15.9. The van der Waals surface area contributed by atoms with Crippen molar-refractivity contribution in [2.45, 2.75) is 108 Å². The molecule has 15 heteroatoms. The Kier molecular flexibility index (Phi) is 12.3.